The molecule has 1 fully saturated rings. The Morgan fingerprint density at radius 2 is 1.81 bits per heavy atom. The summed E-state index contributed by atoms with van der Waals surface area (Å²) < 4.78 is 10.6. The summed E-state index contributed by atoms with van der Waals surface area (Å²) >= 11 is 0. The van der Waals surface area contributed by atoms with Crippen LogP contribution in [0.25, 0.3) is 0 Å². The summed E-state index contributed by atoms with van der Waals surface area (Å²) in [6, 6.07) is 0. The fourth-order valence-electron chi connectivity index (χ4n) is 2.85. The van der Waals surface area contributed by atoms with Gasteiger partial charge in [0.05, 0.1) is 5.69 Å². The van der Waals surface area contributed by atoms with Crippen molar-refractivity contribution in [3.05, 3.63) is 17.0 Å². The number of guanidine groups is 1. The second kappa shape index (κ2) is 10.1. The first-order chi connectivity index (χ1) is 12.2. The standard InChI is InChI=1S/C18H31N5O3.HI/c1-13-15(14(2)26-21-13)7-6-8-20-16(19)22-9-11-23(12-10-22)17(24)25-18(3,4)5;/h6-12H2,1-5H3,(H2,19,20);1H. The number of hydrogen-bond donors (Lipinski definition) is 1. The highest BCUT2D eigenvalue weighted by Crippen LogP contribution is 2.14. The van der Waals surface area contributed by atoms with Gasteiger partial charge >= 0.3 is 6.09 Å². The molecule has 0 atom stereocenters. The predicted octanol–water partition coefficient (Wildman–Crippen LogP) is 2.71. The number of rotatable bonds is 4. The van der Waals surface area contributed by atoms with E-state index in [1.165, 1.54) is 0 Å². The molecule has 1 aromatic rings. The van der Waals surface area contributed by atoms with Crippen molar-refractivity contribution in [1.29, 1.82) is 0 Å². The van der Waals surface area contributed by atoms with Crippen molar-refractivity contribution in [1.82, 2.24) is 15.0 Å². The van der Waals surface area contributed by atoms with Crippen molar-refractivity contribution in [2.75, 3.05) is 32.7 Å². The minimum absolute atomic E-state index is 0. The number of piperazine rings is 1. The molecule has 9 heteroatoms. The van der Waals surface area contributed by atoms with Crippen LogP contribution in [0.4, 0.5) is 4.79 Å². The molecule has 0 saturated carbocycles. The summed E-state index contributed by atoms with van der Waals surface area (Å²) in [7, 11) is 0. The third kappa shape index (κ3) is 7.19. The number of nitrogens with zero attached hydrogens (tertiary/aromatic N) is 4. The Morgan fingerprint density at radius 3 is 2.33 bits per heavy atom. The second-order valence-corrected chi connectivity index (χ2v) is 7.60. The lowest BCUT2D eigenvalue weighted by molar-refractivity contribution is 0.0186. The molecule has 0 bridgehead atoms. The lowest BCUT2D eigenvalue weighted by Gasteiger charge is -2.36. The third-order valence-electron chi connectivity index (χ3n) is 4.30. The Morgan fingerprint density at radius 1 is 1.22 bits per heavy atom. The van der Waals surface area contributed by atoms with Gasteiger partial charge in [-0.15, -0.1) is 24.0 Å². The van der Waals surface area contributed by atoms with Gasteiger partial charge < -0.3 is 24.8 Å². The first-order valence-electron chi connectivity index (χ1n) is 9.12. The van der Waals surface area contributed by atoms with Crippen LogP contribution in [0.3, 0.4) is 0 Å². The van der Waals surface area contributed by atoms with Crippen LogP contribution in [0, 0.1) is 13.8 Å². The van der Waals surface area contributed by atoms with Crippen LogP contribution >= 0.6 is 24.0 Å². The maximum atomic E-state index is 12.1. The van der Waals surface area contributed by atoms with E-state index in [-0.39, 0.29) is 30.1 Å². The van der Waals surface area contributed by atoms with Crippen molar-refractivity contribution < 1.29 is 14.1 Å². The van der Waals surface area contributed by atoms with E-state index in [4.69, 9.17) is 15.0 Å². The average Bonchev–Trinajstić information content (AvgIpc) is 2.88. The van der Waals surface area contributed by atoms with Crippen LogP contribution in [0.5, 0.6) is 0 Å². The van der Waals surface area contributed by atoms with Crippen molar-refractivity contribution in [2.45, 2.75) is 53.1 Å². The number of aliphatic imine (C=N–C) groups is 1. The molecule has 0 radical (unpaired) electrons. The molecule has 1 aliphatic heterocycles. The molecule has 2 rings (SSSR count). The maximum absolute atomic E-state index is 12.1. The number of aromatic nitrogens is 1. The summed E-state index contributed by atoms with van der Waals surface area (Å²) in [6.45, 7) is 12.6. The van der Waals surface area contributed by atoms with Gasteiger partial charge in [0.2, 0.25) is 0 Å². The van der Waals surface area contributed by atoms with Gasteiger partial charge in [0.25, 0.3) is 0 Å². The van der Waals surface area contributed by atoms with Crippen LogP contribution in [0.2, 0.25) is 0 Å². The molecule has 1 saturated heterocycles. The van der Waals surface area contributed by atoms with Gasteiger partial charge in [-0.2, -0.15) is 0 Å². The Kier molecular flexibility index (Phi) is 8.83. The first kappa shape index (κ1) is 23.5. The molecule has 2 N–H and O–H groups in total. The highest BCUT2D eigenvalue weighted by atomic mass is 127. The number of aryl methyl sites for hydroxylation is 2. The van der Waals surface area contributed by atoms with E-state index in [0.29, 0.717) is 38.7 Å². The van der Waals surface area contributed by atoms with E-state index >= 15 is 0 Å². The molecule has 27 heavy (non-hydrogen) atoms. The molecule has 1 aromatic heterocycles. The summed E-state index contributed by atoms with van der Waals surface area (Å²) in [5, 5.41) is 3.96. The van der Waals surface area contributed by atoms with Crippen LogP contribution in [-0.2, 0) is 11.2 Å². The molecule has 0 spiro atoms. The van der Waals surface area contributed by atoms with Gasteiger partial charge in [-0.1, -0.05) is 5.16 Å². The number of carbonyl (C=O) groups excluding carboxylic acids is 1. The van der Waals surface area contributed by atoms with E-state index in [1.54, 1.807) is 4.90 Å². The number of carbonyl (C=O) groups is 1. The van der Waals surface area contributed by atoms with Crippen LogP contribution in [0.15, 0.2) is 9.52 Å². The zero-order chi connectivity index (χ0) is 19.3. The summed E-state index contributed by atoms with van der Waals surface area (Å²) in [5.41, 5.74) is 7.72. The Labute approximate surface area is 178 Å². The molecular formula is C18H32IN5O3. The summed E-state index contributed by atoms with van der Waals surface area (Å²) in [6.07, 6.45) is 1.50. The maximum Gasteiger partial charge on any atom is 0.410 e. The Hall–Kier alpha value is -1.52. The SMILES string of the molecule is Cc1noc(C)c1CCCN=C(N)N1CCN(C(=O)OC(C)(C)C)CC1.I. The highest BCUT2D eigenvalue weighted by Gasteiger charge is 2.26. The molecule has 1 aliphatic rings. The zero-order valence-corrected chi connectivity index (χ0v) is 19.3. The van der Waals surface area contributed by atoms with Crippen molar-refractivity contribution in [3.63, 3.8) is 0 Å². The number of nitrogens with two attached hydrogens (primary N) is 1. The molecule has 0 unspecified atom stereocenters. The normalized spacial score (nSPS) is 15.5. The lowest BCUT2D eigenvalue weighted by atomic mass is 10.1. The van der Waals surface area contributed by atoms with Crippen molar-refractivity contribution in [2.24, 2.45) is 10.7 Å². The van der Waals surface area contributed by atoms with Gasteiger partial charge in [0, 0.05) is 38.3 Å². The van der Waals surface area contributed by atoms with Crippen LogP contribution < -0.4 is 5.73 Å². The molecule has 8 nitrogen and oxygen atoms in total. The van der Waals surface area contributed by atoms with Crippen molar-refractivity contribution in [3.8, 4) is 0 Å². The Balaban J connectivity index is 0.00000364. The van der Waals surface area contributed by atoms with E-state index < -0.39 is 5.60 Å². The van der Waals surface area contributed by atoms with Gasteiger partial charge in [-0.05, 0) is 47.5 Å². The lowest BCUT2D eigenvalue weighted by Crippen LogP contribution is -2.53. The third-order valence-corrected chi connectivity index (χ3v) is 4.30. The largest absolute Gasteiger partial charge is 0.444 e. The quantitative estimate of drug-likeness (QED) is 0.300. The minimum Gasteiger partial charge on any atom is -0.444 e. The minimum atomic E-state index is -0.476. The van der Waals surface area contributed by atoms with Crippen LogP contribution in [-0.4, -0.2) is 65.3 Å². The first-order valence-corrected chi connectivity index (χ1v) is 9.12. The van der Waals surface area contributed by atoms with Crippen molar-refractivity contribution >= 4 is 36.0 Å². The van der Waals surface area contributed by atoms with Gasteiger partial charge in [-0.25, -0.2) is 4.79 Å². The molecule has 1 amide bonds. The zero-order valence-electron chi connectivity index (χ0n) is 16.9. The summed E-state index contributed by atoms with van der Waals surface area (Å²) in [4.78, 5) is 20.3. The fraction of sp³-hybridized carbons (Fsp3) is 0.722. The predicted molar refractivity (Wildman–Crippen MR) is 116 cm³/mol. The highest BCUT2D eigenvalue weighted by molar-refractivity contribution is 14.0. The number of hydrogen-bond acceptors (Lipinski definition) is 5. The molecule has 0 aliphatic carbocycles. The van der Waals surface area contributed by atoms with E-state index in [0.717, 1.165) is 29.9 Å². The molecule has 2 heterocycles. The van der Waals surface area contributed by atoms with Crippen LogP contribution in [0.1, 0.15) is 44.2 Å². The topological polar surface area (TPSA) is 97.2 Å². The van der Waals surface area contributed by atoms with E-state index in [1.807, 2.05) is 39.5 Å². The van der Waals surface area contributed by atoms with Gasteiger partial charge in [0.1, 0.15) is 11.4 Å². The van der Waals surface area contributed by atoms with Gasteiger partial charge in [0.15, 0.2) is 5.96 Å². The molecular weight excluding hydrogens is 461 g/mol. The number of halogens is 1. The fourth-order valence-corrected chi connectivity index (χ4v) is 2.85. The summed E-state index contributed by atoms with van der Waals surface area (Å²) in [5.74, 6) is 1.41. The van der Waals surface area contributed by atoms with E-state index in [2.05, 4.69) is 10.1 Å². The second-order valence-electron chi connectivity index (χ2n) is 7.60. The van der Waals surface area contributed by atoms with E-state index in [9.17, 15) is 4.79 Å². The smallest absolute Gasteiger partial charge is 0.410 e. The average molecular weight is 493 g/mol. The molecule has 154 valence electrons. The Bertz CT molecular complexity index is 626. The number of amides is 1. The monoisotopic (exact) mass is 493 g/mol. The number of ether oxygens (including phenoxy) is 1. The van der Waals surface area contributed by atoms with Gasteiger partial charge in [-0.3, -0.25) is 4.99 Å². The molecule has 0 aromatic carbocycles.